The average molecular weight is 263 g/mol. The van der Waals surface area contributed by atoms with Crippen molar-refractivity contribution in [2.75, 3.05) is 13.1 Å². The zero-order valence-electron chi connectivity index (χ0n) is 11.1. The number of carbonyl (C=O) groups excluding carboxylic acids is 2. The predicted molar refractivity (Wildman–Crippen MR) is 61.5 cm³/mol. The van der Waals surface area contributed by atoms with Gasteiger partial charge in [-0.25, -0.2) is 13.6 Å². The first-order valence-corrected chi connectivity index (χ1v) is 5.88. The lowest BCUT2D eigenvalue weighted by molar-refractivity contribution is -0.146. The summed E-state index contributed by atoms with van der Waals surface area (Å²) in [5, 5.41) is 0. The van der Waals surface area contributed by atoms with Crippen LogP contribution in [0.1, 0.15) is 27.7 Å². The molecule has 4 nitrogen and oxygen atoms in total. The molecule has 1 fully saturated rings. The maximum absolute atomic E-state index is 13.7. The molecule has 0 bridgehead atoms. The van der Waals surface area contributed by atoms with Crippen molar-refractivity contribution in [3.05, 3.63) is 0 Å². The van der Waals surface area contributed by atoms with Gasteiger partial charge in [-0.05, 0) is 26.7 Å². The van der Waals surface area contributed by atoms with E-state index in [9.17, 15) is 18.4 Å². The molecule has 0 aliphatic carbocycles. The minimum atomic E-state index is -3.20. The summed E-state index contributed by atoms with van der Waals surface area (Å²) in [5.41, 5.74) is -0.725. The van der Waals surface area contributed by atoms with Crippen molar-refractivity contribution in [2.24, 2.45) is 11.8 Å². The van der Waals surface area contributed by atoms with Crippen LogP contribution in [-0.4, -0.2) is 41.9 Å². The standard InChI is InChI=1S/C12H19F2NO3/c1-8-5-15(10(17)18-11(2,3)4)7-12(13,14)9(8)6-16/h6,8-9H,5,7H2,1-4H3/t8-,9-/m0/s1. The molecular formula is C12H19F2NO3. The van der Waals surface area contributed by atoms with Crippen molar-refractivity contribution >= 4 is 12.4 Å². The molecule has 18 heavy (non-hydrogen) atoms. The second kappa shape index (κ2) is 4.82. The monoisotopic (exact) mass is 263 g/mol. The molecule has 1 aliphatic rings. The first-order valence-electron chi connectivity index (χ1n) is 5.88. The molecule has 1 rings (SSSR count). The number of hydrogen-bond acceptors (Lipinski definition) is 3. The van der Waals surface area contributed by atoms with E-state index in [0.717, 1.165) is 4.90 Å². The summed E-state index contributed by atoms with van der Waals surface area (Å²) < 4.78 is 32.4. The van der Waals surface area contributed by atoms with Crippen molar-refractivity contribution in [3.8, 4) is 0 Å². The third-order valence-corrected chi connectivity index (χ3v) is 2.81. The predicted octanol–water partition coefficient (Wildman–Crippen LogP) is 2.32. The minimum Gasteiger partial charge on any atom is -0.444 e. The number of piperidine rings is 1. The Hall–Kier alpha value is -1.20. The number of nitrogens with zero attached hydrogens (tertiary/aromatic N) is 1. The van der Waals surface area contributed by atoms with Crippen LogP contribution in [0.4, 0.5) is 13.6 Å². The Labute approximate surface area is 105 Å². The van der Waals surface area contributed by atoms with E-state index in [4.69, 9.17) is 4.74 Å². The van der Waals surface area contributed by atoms with Crippen LogP contribution in [0.25, 0.3) is 0 Å². The van der Waals surface area contributed by atoms with Gasteiger partial charge in [0.25, 0.3) is 5.92 Å². The minimum absolute atomic E-state index is 0.105. The van der Waals surface area contributed by atoms with E-state index in [1.807, 2.05) is 0 Å². The van der Waals surface area contributed by atoms with Gasteiger partial charge < -0.3 is 14.4 Å². The summed E-state index contributed by atoms with van der Waals surface area (Å²) in [6.07, 6.45) is -0.490. The SMILES string of the molecule is C[C@H]1CN(C(=O)OC(C)(C)C)CC(F)(F)[C@H]1C=O. The number of halogens is 2. The highest BCUT2D eigenvalue weighted by Crippen LogP contribution is 2.35. The van der Waals surface area contributed by atoms with Gasteiger partial charge >= 0.3 is 6.09 Å². The van der Waals surface area contributed by atoms with E-state index in [1.54, 1.807) is 20.8 Å². The molecular weight excluding hydrogens is 244 g/mol. The molecule has 0 radical (unpaired) electrons. The number of amides is 1. The van der Waals surface area contributed by atoms with E-state index < -0.39 is 36.0 Å². The van der Waals surface area contributed by atoms with Gasteiger partial charge in [0.05, 0.1) is 12.5 Å². The molecule has 1 amide bonds. The molecule has 0 saturated carbocycles. The fraction of sp³-hybridized carbons (Fsp3) is 0.833. The van der Waals surface area contributed by atoms with E-state index >= 15 is 0 Å². The average Bonchev–Trinajstić information content (AvgIpc) is 2.12. The number of alkyl halides is 2. The van der Waals surface area contributed by atoms with Crippen molar-refractivity contribution in [1.29, 1.82) is 0 Å². The lowest BCUT2D eigenvalue weighted by Crippen LogP contribution is -2.55. The smallest absolute Gasteiger partial charge is 0.410 e. The van der Waals surface area contributed by atoms with Crippen LogP contribution in [0.5, 0.6) is 0 Å². The summed E-state index contributed by atoms with van der Waals surface area (Å²) >= 11 is 0. The van der Waals surface area contributed by atoms with Gasteiger partial charge in [-0.2, -0.15) is 0 Å². The normalized spacial score (nSPS) is 27.8. The van der Waals surface area contributed by atoms with Crippen LogP contribution in [0.15, 0.2) is 0 Å². The van der Waals surface area contributed by atoms with Gasteiger partial charge in [0.15, 0.2) is 0 Å². The largest absolute Gasteiger partial charge is 0.444 e. The fourth-order valence-corrected chi connectivity index (χ4v) is 2.00. The van der Waals surface area contributed by atoms with Crippen molar-refractivity contribution < 1.29 is 23.1 Å². The van der Waals surface area contributed by atoms with Gasteiger partial charge in [0.1, 0.15) is 11.9 Å². The third kappa shape index (κ3) is 3.40. The van der Waals surface area contributed by atoms with Gasteiger partial charge in [-0.1, -0.05) is 6.92 Å². The van der Waals surface area contributed by atoms with E-state index in [-0.39, 0.29) is 12.8 Å². The Kier molecular flexibility index (Phi) is 3.98. The van der Waals surface area contributed by atoms with Crippen LogP contribution in [0, 0.1) is 11.8 Å². The molecule has 0 N–H and O–H groups in total. The van der Waals surface area contributed by atoms with Crippen molar-refractivity contribution in [1.82, 2.24) is 4.90 Å². The highest BCUT2D eigenvalue weighted by molar-refractivity contribution is 5.69. The zero-order chi connectivity index (χ0) is 14.1. The van der Waals surface area contributed by atoms with Crippen LogP contribution < -0.4 is 0 Å². The summed E-state index contributed by atoms with van der Waals surface area (Å²) in [6, 6.07) is 0. The lowest BCUT2D eigenvalue weighted by atomic mass is 9.85. The summed E-state index contributed by atoms with van der Waals surface area (Å²) in [7, 11) is 0. The highest BCUT2D eigenvalue weighted by Gasteiger charge is 2.50. The number of aldehydes is 1. The lowest BCUT2D eigenvalue weighted by Gasteiger charge is -2.40. The fourth-order valence-electron chi connectivity index (χ4n) is 2.00. The molecule has 0 aromatic carbocycles. The quantitative estimate of drug-likeness (QED) is 0.682. The van der Waals surface area contributed by atoms with E-state index in [2.05, 4.69) is 0 Å². The molecule has 0 spiro atoms. The molecule has 2 atom stereocenters. The first-order chi connectivity index (χ1) is 8.07. The maximum Gasteiger partial charge on any atom is 0.410 e. The number of ether oxygens (including phenoxy) is 1. The number of likely N-dealkylation sites (tertiary alicyclic amines) is 1. The Bertz CT molecular complexity index is 339. The Balaban J connectivity index is 2.77. The Morgan fingerprint density at radius 3 is 2.39 bits per heavy atom. The van der Waals surface area contributed by atoms with Gasteiger partial charge in [-0.15, -0.1) is 0 Å². The molecule has 0 aromatic rings. The first kappa shape index (κ1) is 14.9. The molecule has 104 valence electrons. The number of carbonyl (C=O) groups is 2. The highest BCUT2D eigenvalue weighted by atomic mass is 19.3. The Morgan fingerprint density at radius 1 is 1.44 bits per heavy atom. The molecule has 1 aliphatic heterocycles. The van der Waals surface area contributed by atoms with Gasteiger partial charge in [0, 0.05) is 6.54 Å². The van der Waals surface area contributed by atoms with Gasteiger partial charge in [-0.3, -0.25) is 0 Å². The van der Waals surface area contributed by atoms with Gasteiger partial charge in [0.2, 0.25) is 0 Å². The Morgan fingerprint density at radius 2 is 2.00 bits per heavy atom. The summed E-state index contributed by atoms with van der Waals surface area (Å²) in [6.45, 7) is 5.88. The van der Waals surface area contributed by atoms with Crippen LogP contribution in [0.2, 0.25) is 0 Å². The topological polar surface area (TPSA) is 46.6 Å². The summed E-state index contributed by atoms with van der Waals surface area (Å²) in [4.78, 5) is 23.4. The second-order valence-electron chi connectivity index (χ2n) is 5.76. The molecule has 0 unspecified atom stereocenters. The number of rotatable bonds is 1. The molecule has 0 aromatic heterocycles. The van der Waals surface area contributed by atoms with Crippen LogP contribution in [0.3, 0.4) is 0 Å². The summed E-state index contributed by atoms with van der Waals surface area (Å²) in [5.74, 6) is -5.12. The van der Waals surface area contributed by atoms with E-state index in [0.29, 0.717) is 0 Å². The van der Waals surface area contributed by atoms with Crippen LogP contribution in [-0.2, 0) is 9.53 Å². The third-order valence-electron chi connectivity index (χ3n) is 2.81. The van der Waals surface area contributed by atoms with Crippen LogP contribution >= 0.6 is 0 Å². The molecule has 1 heterocycles. The zero-order valence-corrected chi connectivity index (χ0v) is 11.1. The van der Waals surface area contributed by atoms with Crippen molar-refractivity contribution in [3.63, 3.8) is 0 Å². The molecule has 1 saturated heterocycles. The molecule has 6 heteroatoms. The van der Waals surface area contributed by atoms with Crippen molar-refractivity contribution in [2.45, 2.75) is 39.2 Å². The maximum atomic E-state index is 13.7. The second-order valence-corrected chi connectivity index (χ2v) is 5.76. The van der Waals surface area contributed by atoms with E-state index in [1.165, 1.54) is 6.92 Å². The number of hydrogen-bond donors (Lipinski definition) is 0.